The molecule has 0 N–H and O–H groups in total. The van der Waals surface area contributed by atoms with Gasteiger partial charge in [-0.25, -0.2) is 4.79 Å². The van der Waals surface area contributed by atoms with Crippen molar-refractivity contribution in [2.45, 2.75) is 19.3 Å². The van der Waals surface area contributed by atoms with E-state index in [4.69, 9.17) is 4.74 Å². The largest absolute Gasteiger partial charge is 0.423 e. The van der Waals surface area contributed by atoms with Crippen molar-refractivity contribution in [2.75, 3.05) is 0 Å². The highest BCUT2D eigenvalue weighted by Crippen LogP contribution is 2.13. The first-order valence-electron chi connectivity index (χ1n) is 5.30. The van der Waals surface area contributed by atoms with Crippen molar-refractivity contribution < 1.29 is 9.53 Å². The number of hydrogen-bond donors (Lipinski definition) is 0. The molecule has 0 heterocycles. The highest BCUT2D eigenvalue weighted by atomic mass is 16.5. The third-order valence-electron chi connectivity index (χ3n) is 2.13. The second-order valence-corrected chi connectivity index (χ2v) is 3.49. The zero-order chi connectivity index (χ0) is 11.8. The molecule has 0 radical (unpaired) electrons. The van der Waals surface area contributed by atoms with Crippen molar-refractivity contribution >= 4 is 5.97 Å². The molecule has 0 fully saturated rings. The summed E-state index contributed by atoms with van der Waals surface area (Å²) in [6.45, 7) is 7.34. The number of ether oxygens (including phenoxy) is 1. The molecule has 0 aliphatic carbocycles. The van der Waals surface area contributed by atoms with E-state index in [1.54, 1.807) is 12.1 Å². The molecule has 0 spiro atoms. The van der Waals surface area contributed by atoms with Gasteiger partial charge in [0.2, 0.25) is 0 Å². The van der Waals surface area contributed by atoms with E-state index in [-0.39, 0.29) is 5.97 Å². The van der Waals surface area contributed by atoms with Gasteiger partial charge in [0, 0.05) is 5.57 Å². The lowest BCUT2D eigenvalue weighted by Gasteiger charge is -2.05. The highest BCUT2D eigenvalue weighted by Gasteiger charge is 2.08. The van der Waals surface area contributed by atoms with Crippen LogP contribution in [0, 0.1) is 0 Å². The van der Waals surface area contributed by atoms with Crippen molar-refractivity contribution in [3.63, 3.8) is 0 Å². The van der Waals surface area contributed by atoms with E-state index in [9.17, 15) is 4.79 Å². The Balaban J connectivity index is 2.40. The summed E-state index contributed by atoms with van der Waals surface area (Å²) in [6.07, 6.45) is 4.25. The fourth-order valence-electron chi connectivity index (χ4n) is 1.23. The number of allylic oxidation sites excluding steroid dienone is 1. The number of unbranched alkanes of at least 4 members (excludes halogenated alkanes) is 1. The third-order valence-corrected chi connectivity index (χ3v) is 2.13. The molecule has 0 saturated carbocycles. The molecule has 0 bridgehead atoms. The summed E-state index contributed by atoms with van der Waals surface area (Å²) in [5, 5.41) is 0. The minimum Gasteiger partial charge on any atom is -0.423 e. The molecule has 0 amide bonds. The molecule has 0 unspecified atom stereocenters. The predicted octanol–water partition coefficient (Wildman–Crippen LogP) is 3.50. The number of carbonyl (C=O) groups is 1. The third kappa shape index (κ3) is 4.13. The average Bonchev–Trinajstić information content (AvgIpc) is 2.30. The maximum absolute atomic E-state index is 11.6. The first-order valence-corrected chi connectivity index (χ1v) is 5.30. The lowest BCUT2D eigenvalue weighted by Crippen LogP contribution is -2.10. The van der Waals surface area contributed by atoms with Crippen molar-refractivity contribution in [1.29, 1.82) is 0 Å². The number of esters is 1. The number of hydrogen-bond acceptors (Lipinski definition) is 2. The summed E-state index contributed by atoms with van der Waals surface area (Å²) in [5.41, 5.74) is 0.505. The first-order chi connectivity index (χ1) is 7.74. The van der Waals surface area contributed by atoms with Crippen molar-refractivity contribution in [2.24, 2.45) is 0 Å². The molecule has 0 aromatic heterocycles. The summed E-state index contributed by atoms with van der Waals surface area (Å²) in [4.78, 5) is 11.6. The van der Waals surface area contributed by atoms with Crippen LogP contribution in [0.15, 0.2) is 55.1 Å². The van der Waals surface area contributed by atoms with Crippen LogP contribution >= 0.6 is 0 Å². The first kappa shape index (κ1) is 12.2. The molecule has 0 atom stereocenters. The summed E-state index contributed by atoms with van der Waals surface area (Å²) in [5.74, 6) is 0.202. The van der Waals surface area contributed by atoms with E-state index in [0.29, 0.717) is 17.7 Å². The van der Waals surface area contributed by atoms with E-state index < -0.39 is 0 Å². The van der Waals surface area contributed by atoms with E-state index >= 15 is 0 Å². The van der Waals surface area contributed by atoms with Crippen LogP contribution in [0.4, 0.5) is 0 Å². The van der Waals surface area contributed by atoms with Gasteiger partial charge in [-0.05, 0) is 31.4 Å². The monoisotopic (exact) mass is 216 g/mol. The molecule has 2 nitrogen and oxygen atoms in total. The molecule has 0 aliphatic heterocycles. The number of para-hydroxylation sites is 1. The summed E-state index contributed by atoms with van der Waals surface area (Å²) >= 11 is 0. The minimum absolute atomic E-state index is 0.352. The molecular weight excluding hydrogens is 200 g/mol. The topological polar surface area (TPSA) is 26.3 Å². The fraction of sp³-hybridized carbons (Fsp3) is 0.214. The normalized spacial score (nSPS) is 9.50. The van der Waals surface area contributed by atoms with Gasteiger partial charge < -0.3 is 4.74 Å². The van der Waals surface area contributed by atoms with Crippen molar-refractivity contribution in [3.8, 4) is 5.75 Å². The Hall–Kier alpha value is -1.83. The van der Waals surface area contributed by atoms with Gasteiger partial charge in [-0.15, -0.1) is 6.58 Å². The summed E-state index contributed by atoms with van der Waals surface area (Å²) in [6, 6.07) is 9.01. The van der Waals surface area contributed by atoms with Crippen LogP contribution in [-0.2, 0) is 4.79 Å². The van der Waals surface area contributed by atoms with Gasteiger partial charge in [-0.3, -0.25) is 0 Å². The molecule has 0 saturated heterocycles. The van der Waals surface area contributed by atoms with Gasteiger partial charge in [0.05, 0.1) is 0 Å². The van der Waals surface area contributed by atoms with Crippen LogP contribution in [-0.4, -0.2) is 5.97 Å². The van der Waals surface area contributed by atoms with Gasteiger partial charge >= 0.3 is 5.97 Å². The SMILES string of the molecule is C=CCCCC(=C)C(=O)Oc1ccccc1. The standard InChI is InChI=1S/C14H16O2/c1-3-4-6-9-12(2)14(15)16-13-10-7-5-8-11-13/h3,5,7-8,10-11H,1-2,4,6,9H2. The Morgan fingerprint density at radius 2 is 2.00 bits per heavy atom. The Bertz CT molecular complexity index is 366. The Morgan fingerprint density at radius 1 is 1.31 bits per heavy atom. The number of rotatable bonds is 6. The van der Waals surface area contributed by atoms with Crippen molar-refractivity contribution in [1.82, 2.24) is 0 Å². The van der Waals surface area contributed by atoms with E-state index in [1.165, 1.54) is 0 Å². The number of benzene rings is 1. The van der Waals surface area contributed by atoms with Gasteiger partial charge in [0.15, 0.2) is 0 Å². The molecule has 16 heavy (non-hydrogen) atoms. The smallest absolute Gasteiger partial charge is 0.338 e. The number of carbonyl (C=O) groups excluding carboxylic acids is 1. The van der Waals surface area contributed by atoms with Crippen LogP contribution in [0.3, 0.4) is 0 Å². The van der Waals surface area contributed by atoms with Gasteiger partial charge in [-0.1, -0.05) is 30.9 Å². The lowest BCUT2D eigenvalue weighted by molar-refractivity contribution is -0.130. The van der Waals surface area contributed by atoms with Gasteiger partial charge in [0.1, 0.15) is 5.75 Å². The van der Waals surface area contributed by atoms with Gasteiger partial charge in [-0.2, -0.15) is 0 Å². The fourth-order valence-corrected chi connectivity index (χ4v) is 1.23. The zero-order valence-corrected chi connectivity index (χ0v) is 9.32. The molecule has 1 aromatic carbocycles. The van der Waals surface area contributed by atoms with E-state index in [2.05, 4.69) is 13.2 Å². The maximum atomic E-state index is 11.6. The van der Waals surface area contributed by atoms with Crippen molar-refractivity contribution in [3.05, 3.63) is 55.1 Å². The summed E-state index contributed by atoms with van der Waals surface area (Å²) < 4.78 is 5.14. The highest BCUT2D eigenvalue weighted by molar-refractivity contribution is 5.89. The molecule has 0 aliphatic rings. The lowest BCUT2D eigenvalue weighted by atomic mass is 10.1. The van der Waals surface area contributed by atoms with Crippen LogP contribution in [0.1, 0.15) is 19.3 Å². The zero-order valence-electron chi connectivity index (χ0n) is 9.32. The molecule has 1 aromatic rings. The Labute approximate surface area is 96.2 Å². The van der Waals surface area contributed by atoms with Crippen LogP contribution in [0.25, 0.3) is 0 Å². The maximum Gasteiger partial charge on any atom is 0.338 e. The van der Waals surface area contributed by atoms with E-state index in [1.807, 2.05) is 24.3 Å². The van der Waals surface area contributed by atoms with Crippen LogP contribution in [0.2, 0.25) is 0 Å². The molecule has 84 valence electrons. The van der Waals surface area contributed by atoms with Gasteiger partial charge in [0.25, 0.3) is 0 Å². The van der Waals surface area contributed by atoms with E-state index in [0.717, 1.165) is 12.8 Å². The predicted molar refractivity (Wildman–Crippen MR) is 65.3 cm³/mol. The second-order valence-electron chi connectivity index (χ2n) is 3.49. The second kappa shape index (κ2) is 6.62. The minimum atomic E-state index is -0.352. The quantitative estimate of drug-likeness (QED) is 0.239. The van der Waals surface area contributed by atoms with Crippen LogP contribution < -0.4 is 4.74 Å². The molecule has 2 heteroatoms. The Kier molecular flexibility index (Phi) is 5.06. The average molecular weight is 216 g/mol. The molecular formula is C14H16O2. The Morgan fingerprint density at radius 3 is 2.62 bits per heavy atom. The molecule has 1 rings (SSSR count). The summed E-state index contributed by atoms with van der Waals surface area (Å²) in [7, 11) is 0. The van der Waals surface area contributed by atoms with Crippen LogP contribution in [0.5, 0.6) is 5.75 Å².